The van der Waals surface area contributed by atoms with Crippen molar-refractivity contribution in [2.45, 2.75) is 36.6 Å². The van der Waals surface area contributed by atoms with Gasteiger partial charge in [0.2, 0.25) is 0 Å². The van der Waals surface area contributed by atoms with Crippen molar-refractivity contribution in [3.8, 4) is 0 Å². The van der Waals surface area contributed by atoms with Gasteiger partial charge in [0, 0.05) is 16.2 Å². The molecule has 0 unspecified atom stereocenters. The number of carbonyl (C=O) groups excluding carboxylic acids is 1. The third-order valence-corrected chi connectivity index (χ3v) is 5.32. The SMILES string of the molecule is CC1(NC(=O)c2cc(F)c(F)c(S(=O)(=O)Cl)c2Cl)CCC1. The molecule has 1 amide bonds. The molecule has 116 valence electrons. The molecule has 0 aliphatic heterocycles. The van der Waals surface area contributed by atoms with Crippen LogP contribution in [0.15, 0.2) is 11.0 Å². The van der Waals surface area contributed by atoms with Crippen molar-refractivity contribution in [1.82, 2.24) is 5.32 Å². The van der Waals surface area contributed by atoms with Crippen LogP contribution in [0.4, 0.5) is 8.78 Å². The maximum atomic E-state index is 13.6. The summed E-state index contributed by atoms with van der Waals surface area (Å²) in [5.41, 5.74) is -0.923. The average molecular weight is 358 g/mol. The summed E-state index contributed by atoms with van der Waals surface area (Å²) in [6, 6.07) is 0.556. The Labute approximate surface area is 129 Å². The summed E-state index contributed by atoms with van der Waals surface area (Å²) in [4.78, 5) is 10.9. The molecule has 21 heavy (non-hydrogen) atoms. The predicted molar refractivity (Wildman–Crippen MR) is 74.1 cm³/mol. The van der Waals surface area contributed by atoms with Crippen molar-refractivity contribution in [3.05, 3.63) is 28.3 Å². The smallest absolute Gasteiger partial charge is 0.265 e. The van der Waals surface area contributed by atoms with Gasteiger partial charge in [-0.05, 0) is 32.3 Å². The Bertz CT molecular complexity index is 718. The summed E-state index contributed by atoms with van der Waals surface area (Å²) < 4.78 is 49.7. The van der Waals surface area contributed by atoms with Gasteiger partial charge < -0.3 is 5.32 Å². The predicted octanol–water partition coefficient (Wildman–Crippen LogP) is 3.22. The lowest BCUT2D eigenvalue weighted by Crippen LogP contribution is -2.51. The summed E-state index contributed by atoms with van der Waals surface area (Å²) in [6.45, 7) is 1.79. The van der Waals surface area contributed by atoms with Gasteiger partial charge in [0.25, 0.3) is 15.0 Å². The first-order chi connectivity index (χ1) is 9.55. The largest absolute Gasteiger partial charge is 0.347 e. The Morgan fingerprint density at radius 1 is 1.38 bits per heavy atom. The van der Waals surface area contributed by atoms with Gasteiger partial charge in [-0.25, -0.2) is 17.2 Å². The molecule has 1 aliphatic rings. The van der Waals surface area contributed by atoms with Crippen LogP contribution < -0.4 is 5.32 Å². The fourth-order valence-corrected chi connectivity index (χ4v) is 3.85. The second-order valence-electron chi connectivity index (χ2n) is 5.17. The number of nitrogens with one attached hydrogen (secondary N) is 1. The van der Waals surface area contributed by atoms with Crippen molar-refractivity contribution in [3.63, 3.8) is 0 Å². The van der Waals surface area contributed by atoms with Gasteiger partial charge in [-0.1, -0.05) is 11.6 Å². The van der Waals surface area contributed by atoms with Gasteiger partial charge in [0.1, 0.15) is 4.90 Å². The lowest BCUT2D eigenvalue weighted by Gasteiger charge is -2.39. The van der Waals surface area contributed by atoms with E-state index in [-0.39, 0.29) is 0 Å². The van der Waals surface area contributed by atoms with E-state index in [9.17, 15) is 22.0 Å². The highest BCUT2D eigenvalue weighted by molar-refractivity contribution is 8.13. The molecule has 1 aromatic carbocycles. The molecule has 0 heterocycles. The first-order valence-electron chi connectivity index (χ1n) is 6.00. The summed E-state index contributed by atoms with van der Waals surface area (Å²) in [6.07, 6.45) is 2.41. The summed E-state index contributed by atoms with van der Waals surface area (Å²) >= 11 is 5.72. The van der Waals surface area contributed by atoms with Gasteiger partial charge in [-0.15, -0.1) is 0 Å². The molecule has 9 heteroatoms. The highest BCUT2D eigenvalue weighted by Crippen LogP contribution is 2.35. The molecule has 4 nitrogen and oxygen atoms in total. The number of amides is 1. The zero-order chi connectivity index (χ0) is 16.0. The van der Waals surface area contributed by atoms with Crippen molar-refractivity contribution in [1.29, 1.82) is 0 Å². The maximum Gasteiger partial charge on any atom is 0.265 e. The third kappa shape index (κ3) is 3.14. The normalized spacial score (nSPS) is 17.2. The molecule has 0 saturated heterocycles. The topological polar surface area (TPSA) is 63.2 Å². The minimum Gasteiger partial charge on any atom is -0.347 e. The molecule has 2 rings (SSSR count). The minimum absolute atomic E-state index is 0.453. The van der Waals surface area contributed by atoms with Crippen molar-refractivity contribution in [2.24, 2.45) is 0 Å². The summed E-state index contributed by atoms with van der Waals surface area (Å²) in [5, 5.41) is 1.89. The van der Waals surface area contributed by atoms with Crippen LogP contribution in [-0.2, 0) is 9.05 Å². The number of hydrogen-bond donors (Lipinski definition) is 1. The Morgan fingerprint density at radius 3 is 2.38 bits per heavy atom. The summed E-state index contributed by atoms with van der Waals surface area (Å²) in [5.74, 6) is -3.99. The first-order valence-corrected chi connectivity index (χ1v) is 8.68. The average Bonchev–Trinajstić information content (AvgIpc) is 2.30. The molecule has 0 spiro atoms. The van der Waals surface area contributed by atoms with Gasteiger partial charge >= 0.3 is 0 Å². The van der Waals surface area contributed by atoms with E-state index in [1.807, 2.05) is 0 Å². The quantitative estimate of drug-likeness (QED) is 0.667. The maximum absolute atomic E-state index is 13.6. The van der Waals surface area contributed by atoms with Crippen LogP contribution in [0.3, 0.4) is 0 Å². The van der Waals surface area contributed by atoms with Crippen molar-refractivity contribution < 1.29 is 22.0 Å². The lowest BCUT2D eigenvalue weighted by molar-refractivity contribution is 0.0849. The molecular weight excluding hydrogens is 347 g/mol. The number of hydrogen-bond acceptors (Lipinski definition) is 3. The van der Waals surface area contributed by atoms with E-state index in [0.29, 0.717) is 6.07 Å². The number of carbonyl (C=O) groups is 1. The fraction of sp³-hybridized carbons (Fsp3) is 0.417. The van der Waals surface area contributed by atoms with Crippen LogP contribution in [0, 0.1) is 11.6 Å². The molecule has 1 N–H and O–H groups in total. The second kappa shape index (κ2) is 5.37. The highest BCUT2D eigenvalue weighted by Gasteiger charge is 2.35. The van der Waals surface area contributed by atoms with E-state index < -0.39 is 47.6 Å². The lowest BCUT2D eigenvalue weighted by atomic mass is 9.78. The van der Waals surface area contributed by atoms with Crippen molar-refractivity contribution >= 4 is 37.2 Å². The van der Waals surface area contributed by atoms with Crippen LogP contribution in [0.2, 0.25) is 5.02 Å². The molecule has 0 aromatic heterocycles. The molecule has 0 radical (unpaired) electrons. The van der Waals surface area contributed by atoms with Crippen LogP contribution >= 0.6 is 22.3 Å². The first kappa shape index (κ1) is 16.5. The Morgan fingerprint density at radius 2 is 1.95 bits per heavy atom. The Kier molecular flexibility index (Phi) is 4.21. The highest BCUT2D eigenvalue weighted by atomic mass is 35.7. The van der Waals surface area contributed by atoms with E-state index >= 15 is 0 Å². The van der Waals surface area contributed by atoms with Gasteiger partial charge in [-0.3, -0.25) is 4.79 Å². The van der Waals surface area contributed by atoms with Crippen molar-refractivity contribution in [2.75, 3.05) is 0 Å². The molecule has 1 aromatic rings. The van der Waals surface area contributed by atoms with Crippen LogP contribution in [0.25, 0.3) is 0 Å². The molecular formula is C12H11Cl2F2NO3S. The zero-order valence-electron chi connectivity index (χ0n) is 10.8. The van der Waals surface area contributed by atoms with E-state index in [2.05, 4.69) is 5.32 Å². The van der Waals surface area contributed by atoms with E-state index in [1.54, 1.807) is 6.92 Å². The fourth-order valence-electron chi connectivity index (χ4n) is 2.13. The molecule has 1 fully saturated rings. The van der Waals surface area contributed by atoms with Gasteiger partial charge in [0.15, 0.2) is 11.6 Å². The number of halogens is 4. The molecule has 0 bridgehead atoms. The van der Waals surface area contributed by atoms with E-state index in [1.165, 1.54) is 0 Å². The van der Waals surface area contributed by atoms with E-state index in [0.717, 1.165) is 19.3 Å². The Balaban J connectivity index is 2.50. The zero-order valence-corrected chi connectivity index (χ0v) is 13.2. The second-order valence-corrected chi connectivity index (χ2v) is 8.05. The third-order valence-electron chi connectivity index (χ3n) is 3.48. The van der Waals surface area contributed by atoms with Gasteiger partial charge in [-0.2, -0.15) is 0 Å². The van der Waals surface area contributed by atoms with Gasteiger partial charge in [0.05, 0.1) is 10.6 Å². The summed E-state index contributed by atoms with van der Waals surface area (Å²) in [7, 11) is 0.406. The number of rotatable bonds is 3. The minimum atomic E-state index is -4.63. The Hall–Kier alpha value is -0.920. The number of benzene rings is 1. The standard InChI is InChI=1S/C12H11Cl2F2NO3S/c1-12(3-2-4-12)17-11(18)6-5-7(15)9(16)10(8(6)13)21(14,19)20/h5H,2-4H2,1H3,(H,17,18). The molecule has 1 aliphatic carbocycles. The van der Waals surface area contributed by atoms with Crippen LogP contribution in [0.1, 0.15) is 36.5 Å². The van der Waals surface area contributed by atoms with Crippen LogP contribution in [0.5, 0.6) is 0 Å². The van der Waals surface area contributed by atoms with Crippen LogP contribution in [-0.4, -0.2) is 19.9 Å². The monoisotopic (exact) mass is 357 g/mol. The molecule has 1 saturated carbocycles. The molecule has 0 atom stereocenters. The van der Waals surface area contributed by atoms with E-state index in [4.69, 9.17) is 22.3 Å².